The van der Waals surface area contributed by atoms with Gasteiger partial charge >= 0.3 is 0 Å². The molecule has 0 aliphatic carbocycles. The topological polar surface area (TPSA) is 29.5 Å². The van der Waals surface area contributed by atoms with Crippen molar-refractivity contribution < 1.29 is 9.53 Å². The Bertz CT molecular complexity index is 210. The third-order valence-electron chi connectivity index (χ3n) is 2.85. The van der Waals surface area contributed by atoms with E-state index in [9.17, 15) is 0 Å². The molecule has 0 rings (SSSR count). The molecule has 0 amide bonds. The molecule has 0 aromatic carbocycles. The van der Waals surface area contributed by atoms with Crippen molar-refractivity contribution in [3.63, 3.8) is 0 Å². The summed E-state index contributed by atoms with van der Waals surface area (Å²) in [6.07, 6.45) is 4.93. The van der Waals surface area contributed by atoms with Crippen LogP contribution in [0.3, 0.4) is 0 Å². The van der Waals surface area contributed by atoms with E-state index >= 15 is 0 Å². The Hall–Kier alpha value is -0.303. The summed E-state index contributed by atoms with van der Waals surface area (Å²) in [4.78, 5) is 0. The van der Waals surface area contributed by atoms with Crippen LogP contribution < -0.4 is 0 Å². The Labute approximate surface area is 88.8 Å². The van der Waals surface area contributed by atoms with E-state index in [1.165, 1.54) is 0 Å². The molecule has 0 aliphatic heterocycles. The normalized spacial score (nSPS) is 14.9. The zero-order valence-corrected chi connectivity index (χ0v) is 10.9. The Kier molecular flexibility index (Phi) is 4.86. The van der Waals surface area contributed by atoms with E-state index < -0.39 is 14.4 Å². The maximum Gasteiger partial charge on any atom is 0.191 e. The van der Waals surface area contributed by atoms with Crippen molar-refractivity contribution >= 4 is 8.32 Å². The number of aliphatic hydroxyl groups is 1. The van der Waals surface area contributed by atoms with Crippen LogP contribution in [0.1, 0.15) is 27.2 Å². The third-order valence-corrected chi connectivity index (χ3v) is 7.39. The van der Waals surface area contributed by atoms with Crippen LogP contribution in [0.4, 0.5) is 0 Å². The molecule has 82 valence electrons. The van der Waals surface area contributed by atoms with Gasteiger partial charge in [0.05, 0.1) is 0 Å². The van der Waals surface area contributed by atoms with Gasteiger partial charge in [0.15, 0.2) is 8.32 Å². The molecule has 0 saturated heterocycles. The molecule has 0 radical (unpaired) electrons. The Balaban J connectivity index is 3.96. The zero-order chi connectivity index (χ0) is 11.4. The summed E-state index contributed by atoms with van der Waals surface area (Å²) < 4.78 is 5.85. The minimum Gasteiger partial charge on any atom is -0.417 e. The molecule has 0 aromatic rings. The summed E-state index contributed by atoms with van der Waals surface area (Å²) in [5.74, 6) is 2.28. The number of terminal acetylenes is 1. The smallest absolute Gasteiger partial charge is 0.191 e. The van der Waals surface area contributed by atoms with E-state index in [0.717, 1.165) is 0 Å². The molecule has 3 heteroatoms. The average molecular weight is 214 g/mol. The Morgan fingerprint density at radius 3 is 2.29 bits per heavy atom. The van der Waals surface area contributed by atoms with Gasteiger partial charge in [-0.1, -0.05) is 26.7 Å². The highest BCUT2D eigenvalue weighted by molar-refractivity contribution is 6.74. The van der Waals surface area contributed by atoms with Gasteiger partial charge in [0.25, 0.3) is 0 Å². The lowest BCUT2D eigenvalue weighted by atomic mass is 10.2. The summed E-state index contributed by atoms with van der Waals surface area (Å²) in [5.41, 5.74) is 0. The minimum atomic E-state index is -1.66. The first-order valence-corrected chi connectivity index (χ1v) is 7.89. The SMILES string of the molecule is C#C[C@@H](O)CCO[Si](C)(C)C(C)(C)C. The predicted molar refractivity (Wildman–Crippen MR) is 62.6 cm³/mol. The molecule has 1 atom stereocenters. The molecule has 14 heavy (non-hydrogen) atoms. The summed E-state index contributed by atoms with van der Waals surface area (Å²) in [6, 6.07) is 0. The number of rotatable bonds is 4. The second-order valence-electron chi connectivity index (χ2n) is 5.08. The second kappa shape index (κ2) is 4.97. The fraction of sp³-hybridized carbons (Fsp3) is 0.818. The maximum atomic E-state index is 9.16. The van der Waals surface area contributed by atoms with E-state index in [0.29, 0.717) is 13.0 Å². The molecule has 0 heterocycles. The molecule has 2 nitrogen and oxygen atoms in total. The van der Waals surface area contributed by atoms with Gasteiger partial charge in [-0.15, -0.1) is 6.42 Å². The van der Waals surface area contributed by atoms with Crippen LogP contribution in [0.2, 0.25) is 18.1 Å². The van der Waals surface area contributed by atoms with Crippen LogP contribution in [0.5, 0.6) is 0 Å². The van der Waals surface area contributed by atoms with Gasteiger partial charge < -0.3 is 9.53 Å². The quantitative estimate of drug-likeness (QED) is 0.575. The van der Waals surface area contributed by atoms with Gasteiger partial charge in [0.2, 0.25) is 0 Å². The largest absolute Gasteiger partial charge is 0.417 e. The molecule has 0 saturated carbocycles. The van der Waals surface area contributed by atoms with Crippen molar-refractivity contribution in [1.29, 1.82) is 0 Å². The van der Waals surface area contributed by atoms with E-state index in [2.05, 4.69) is 39.8 Å². The Morgan fingerprint density at radius 1 is 1.43 bits per heavy atom. The summed E-state index contributed by atoms with van der Waals surface area (Å²) >= 11 is 0. The lowest BCUT2D eigenvalue weighted by Gasteiger charge is -2.36. The van der Waals surface area contributed by atoms with Gasteiger partial charge in [-0.25, -0.2) is 0 Å². The standard InChI is InChI=1S/C11H22O2Si/c1-7-10(12)8-9-13-14(5,6)11(2,3)4/h1,10,12H,8-9H2,2-6H3/t10-/m1/s1. The van der Waals surface area contributed by atoms with Crippen LogP contribution in [-0.4, -0.2) is 26.1 Å². The van der Waals surface area contributed by atoms with Crippen LogP contribution >= 0.6 is 0 Å². The van der Waals surface area contributed by atoms with E-state index in [-0.39, 0.29) is 5.04 Å². The van der Waals surface area contributed by atoms with Crippen LogP contribution in [0.15, 0.2) is 0 Å². The highest BCUT2D eigenvalue weighted by Gasteiger charge is 2.36. The van der Waals surface area contributed by atoms with Crippen molar-refractivity contribution in [3.8, 4) is 12.3 Å². The van der Waals surface area contributed by atoms with Crippen LogP contribution in [0, 0.1) is 12.3 Å². The maximum absolute atomic E-state index is 9.16. The molecule has 0 spiro atoms. The van der Waals surface area contributed by atoms with Gasteiger partial charge in [-0.3, -0.25) is 0 Å². The molecule has 0 unspecified atom stereocenters. The zero-order valence-electron chi connectivity index (χ0n) is 9.92. The van der Waals surface area contributed by atoms with Crippen molar-refractivity contribution in [2.45, 2.75) is 51.4 Å². The molecule has 0 aromatic heterocycles. The highest BCUT2D eigenvalue weighted by atomic mass is 28.4. The van der Waals surface area contributed by atoms with Crippen molar-refractivity contribution in [2.24, 2.45) is 0 Å². The van der Waals surface area contributed by atoms with Crippen LogP contribution in [0.25, 0.3) is 0 Å². The minimum absolute atomic E-state index is 0.216. The Morgan fingerprint density at radius 2 is 1.93 bits per heavy atom. The summed E-state index contributed by atoms with van der Waals surface area (Å²) in [6.45, 7) is 11.5. The van der Waals surface area contributed by atoms with Gasteiger partial charge in [0, 0.05) is 13.0 Å². The average Bonchev–Trinajstić information content (AvgIpc) is 2.01. The predicted octanol–water partition coefficient (Wildman–Crippen LogP) is 2.39. The lowest BCUT2D eigenvalue weighted by molar-refractivity contribution is 0.179. The molecule has 1 N–H and O–H groups in total. The number of hydrogen-bond donors (Lipinski definition) is 1. The number of hydrogen-bond acceptors (Lipinski definition) is 2. The molecular weight excluding hydrogens is 192 g/mol. The fourth-order valence-corrected chi connectivity index (χ4v) is 1.79. The van der Waals surface area contributed by atoms with Gasteiger partial charge in [0.1, 0.15) is 6.10 Å². The number of aliphatic hydroxyl groups excluding tert-OH is 1. The highest BCUT2D eigenvalue weighted by Crippen LogP contribution is 2.36. The fourth-order valence-electron chi connectivity index (χ4n) is 0.726. The summed E-state index contributed by atoms with van der Waals surface area (Å²) in [5, 5.41) is 9.37. The van der Waals surface area contributed by atoms with Gasteiger partial charge in [-0.05, 0) is 18.1 Å². The molecule has 0 fully saturated rings. The van der Waals surface area contributed by atoms with Gasteiger partial charge in [-0.2, -0.15) is 0 Å². The summed E-state index contributed by atoms with van der Waals surface area (Å²) in [7, 11) is -1.66. The van der Waals surface area contributed by atoms with E-state index in [4.69, 9.17) is 16.0 Å². The van der Waals surface area contributed by atoms with Crippen molar-refractivity contribution in [1.82, 2.24) is 0 Å². The second-order valence-corrected chi connectivity index (χ2v) is 9.89. The first-order valence-electron chi connectivity index (χ1n) is 4.99. The molecular formula is C11H22O2Si. The lowest BCUT2D eigenvalue weighted by Crippen LogP contribution is -2.41. The third kappa shape index (κ3) is 4.27. The first kappa shape index (κ1) is 13.7. The first-order chi connectivity index (χ1) is 6.20. The molecule has 0 bridgehead atoms. The van der Waals surface area contributed by atoms with E-state index in [1.807, 2.05) is 0 Å². The monoisotopic (exact) mass is 214 g/mol. The van der Waals surface area contributed by atoms with Crippen LogP contribution in [-0.2, 0) is 4.43 Å². The van der Waals surface area contributed by atoms with Crippen molar-refractivity contribution in [2.75, 3.05) is 6.61 Å². The van der Waals surface area contributed by atoms with E-state index in [1.54, 1.807) is 0 Å². The van der Waals surface area contributed by atoms with Crippen molar-refractivity contribution in [3.05, 3.63) is 0 Å². The molecule has 0 aliphatic rings.